The number of rotatable bonds is 7. The Hall–Kier alpha value is -0.540. The largest absolute Gasteiger partial charge is 0.334 e. The Labute approximate surface area is 96.8 Å². The molecule has 0 aliphatic carbocycles. The van der Waals surface area contributed by atoms with Crippen LogP contribution in [-0.4, -0.2) is 28.0 Å². The fourth-order valence-corrected chi connectivity index (χ4v) is 1.63. The lowest BCUT2D eigenvalue weighted by molar-refractivity contribution is 0.564. The van der Waals surface area contributed by atoms with E-state index in [1.807, 2.05) is 26.2 Å². The first-order chi connectivity index (χ1) is 7.20. The van der Waals surface area contributed by atoms with Gasteiger partial charge >= 0.3 is 0 Å². The molecule has 1 aromatic rings. The average Bonchev–Trinajstić information content (AvgIpc) is 2.57. The van der Waals surface area contributed by atoms with E-state index in [-0.39, 0.29) is 0 Å². The summed E-state index contributed by atoms with van der Waals surface area (Å²) in [6.07, 6.45) is 6.08. The van der Waals surface area contributed by atoms with Crippen molar-refractivity contribution in [2.45, 2.75) is 38.6 Å². The molecule has 0 saturated heterocycles. The molecule has 4 heteroatoms. The highest BCUT2D eigenvalue weighted by Crippen LogP contribution is 2.02. The molecule has 0 aliphatic heterocycles. The molecule has 0 saturated carbocycles. The van der Waals surface area contributed by atoms with Crippen molar-refractivity contribution < 1.29 is 0 Å². The summed E-state index contributed by atoms with van der Waals surface area (Å²) < 4.78 is 2.15. The molecule has 0 fully saturated rings. The van der Waals surface area contributed by atoms with Crippen molar-refractivity contribution in [1.29, 1.82) is 0 Å². The maximum Gasteiger partial charge on any atom is 0.105 e. The van der Waals surface area contributed by atoms with Crippen LogP contribution >= 0.6 is 11.6 Å². The van der Waals surface area contributed by atoms with Crippen LogP contribution in [0.2, 0.25) is 0 Å². The van der Waals surface area contributed by atoms with Gasteiger partial charge < -0.3 is 9.88 Å². The molecular formula is C11H20ClN3. The SMILES string of the molecule is Cc1nccn1CCNCCCC(C)Cl. The summed E-state index contributed by atoms with van der Waals surface area (Å²) in [5.74, 6) is 1.08. The van der Waals surface area contributed by atoms with Crippen molar-refractivity contribution in [3.63, 3.8) is 0 Å². The minimum absolute atomic E-state index is 0.294. The molecule has 1 rings (SSSR count). The minimum Gasteiger partial charge on any atom is -0.334 e. The maximum absolute atomic E-state index is 5.85. The van der Waals surface area contributed by atoms with Gasteiger partial charge in [-0.1, -0.05) is 0 Å². The molecule has 1 N–H and O–H groups in total. The first-order valence-electron chi connectivity index (χ1n) is 5.52. The van der Waals surface area contributed by atoms with Gasteiger partial charge in [-0.25, -0.2) is 4.98 Å². The van der Waals surface area contributed by atoms with Gasteiger partial charge in [-0.3, -0.25) is 0 Å². The second-order valence-electron chi connectivity index (χ2n) is 3.84. The molecule has 86 valence electrons. The van der Waals surface area contributed by atoms with Gasteiger partial charge in [0.1, 0.15) is 5.82 Å². The number of imidazole rings is 1. The van der Waals surface area contributed by atoms with Crippen molar-refractivity contribution in [2.75, 3.05) is 13.1 Å². The Morgan fingerprint density at radius 3 is 2.93 bits per heavy atom. The molecule has 0 aliphatic rings. The number of hydrogen-bond acceptors (Lipinski definition) is 2. The monoisotopic (exact) mass is 229 g/mol. The highest BCUT2D eigenvalue weighted by atomic mass is 35.5. The summed E-state index contributed by atoms with van der Waals surface area (Å²) in [5.41, 5.74) is 0. The normalized spacial score (nSPS) is 13.0. The van der Waals surface area contributed by atoms with Gasteiger partial charge in [0, 0.05) is 30.9 Å². The first-order valence-corrected chi connectivity index (χ1v) is 5.96. The van der Waals surface area contributed by atoms with Crippen LogP contribution in [0.25, 0.3) is 0 Å². The van der Waals surface area contributed by atoms with Gasteiger partial charge in [0.25, 0.3) is 0 Å². The van der Waals surface area contributed by atoms with Crippen LogP contribution < -0.4 is 5.32 Å². The van der Waals surface area contributed by atoms with E-state index in [0.29, 0.717) is 5.38 Å². The van der Waals surface area contributed by atoms with Gasteiger partial charge in [0.05, 0.1) is 0 Å². The Morgan fingerprint density at radius 1 is 1.53 bits per heavy atom. The molecule has 15 heavy (non-hydrogen) atoms. The summed E-state index contributed by atoms with van der Waals surface area (Å²) in [4.78, 5) is 4.17. The number of aromatic nitrogens is 2. The van der Waals surface area contributed by atoms with Crippen molar-refractivity contribution in [3.8, 4) is 0 Å². The zero-order chi connectivity index (χ0) is 11.1. The van der Waals surface area contributed by atoms with E-state index < -0.39 is 0 Å². The van der Waals surface area contributed by atoms with E-state index in [2.05, 4.69) is 14.9 Å². The number of nitrogens with one attached hydrogen (secondary N) is 1. The number of aryl methyl sites for hydroxylation is 1. The maximum atomic E-state index is 5.85. The predicted octanol–water partition coefficient (Wildman–Crippen LogP) is 2.19. The van der Waals surface area contributed by atoms with Gasteiger partial charge in [-0.05, 0) is 33.2 Å². The van der Waals surface area contributed by atoms with Gasteiger partial charge in [0.15, 0.2) is 0 Å². The van der Waals surface area contributed by atoms with E-state index >= 15 is 0 Å². The third-order valence-electron chi connectivity index (χ3n) is 2.41. The van der Waals surface area contributed by atoms with Gasteiger partial charge in [-0.2, -0.15) is 0 Å². The fraction of sp³-hybridized carbons (Fsp3) is 0.727. The summed E-state index contributed by atoms with van der Waals surface area (Å²) in [6, 6.07) is 0. The molecule has 1 aromatic heterocycles. The van der Waals surface area contributed by atoms with Crippen molar-refractivity contribution in [3.05, 3.63) is 18.2 Å². The Morgan fingerprint density at radius 2 is 2.33 bits per heavy atom. The van der Waals surface area contributed by atoms with E-state index in [0.717, 1.165) is 38.3 Å². The standard InChI is InChI=1S/C11H20ClN3/c1-10(12)4-3-5-13-6-8-15-9-7-14-11(15)2/h7,9-10,13H,3-6,8H2,1-2H3. The van der Waals surface area contributed by atoms with E-state index in [4.69, 9.17) is 11.6 Å². The molecule has 0 spiro atoms. The van der Waals surface area contributed by atoms with Gasteiger partial charge in [0.2, 0.25) is 0 Å². The van der Waals surface area contributed by atoms with Crippen LogP contribution in [0, 0.1) is 6.92 Å². The molecule has 1 unspecified atom stereocenters. The van der Waals surface area contributed by atoms with E-state index in [9.17, 15) is 0 Å². The molecule has 1 heterocycles. The number of alkyl halides is 1. The lowest BCUT2D eigenvalue weighted by Crippen LogP contribution is -2.21. The molecule has 0 amide bonds. The Balaban J connectivity index is 2.00. The lowest BCUT2D eigenvalue weighted by atomic mass is 10.2. The zero-order valence-corrected chi connectivity index (χ0v) is 10.3. The smallest absolute Gasteiger partial charge is 0.105 e. The summed E-state index contributed by atoms with van der Waals surface area (Å²) in [7, 11) is 0. The molecule has 0 bridgehead atoms. The predicted molar refractivity (Wildman–Crippen MR) is 64.4 cm³/mol. The van der Waals surface area contributed by atoms with Crippen LogP contribution in [0.15, 0.2) is 12.4 Å². The molecule has 0 radical (unpaired) electrons. The van der Waals surface area contributed by atoms with E-state index in [1.165, 1.54) is 0 Å². The molecule has 1 atom stereocenters. The van der Waals surface area contributed by atoms with Crippen LogP contribution in [0.4, 0.5) is 0 Å². The molecule has 0 aromatic carbocycles. The number of hydrogen-bond donors (Lipinski definition) is 1. The third-order valence-corrected chi connectivity index (χ3v) is 2.63. The topological polar surface area (TPSA) is 29.9 Å². The van der Waals surface area contributed by atoms with Crippen LogP contribution in [0.3, 0.4) is 0 Å². The quantitative estimate of drug-likeness (QED) is 0.574. The second kappa shape index (κ2) is 6.85. The summed E-state index contributed by atoms with van der Waals surface area (Å²) in [6.45, 7) is 7.09. The van der Waals surface area contributed by atoms with E-state index in [1.54, 1.807) is 0 Å². The lowest BCUT2D eigenvalue weighted by Gasteiger charge is -2.07. The average molecular weight is 230 g/mol. The van der Waals surface area contributed by atoms with Crippen molar-refractivity contribution in [2.24, 2.45) is 0 Å². The zero-order valence-electron chi connectivity index (χ0n) is 9.54. The van der Waals surface area contributed by atoms with Crippen LogP contribution in [-0.2, 0) is 6.54 Å². The Bertz CT molecular complexity index is 271. The van der Waals surface area contributed by atoms with Crippen molar-refractivity contribution >= 4 is 11.6 Å². The minimum atomic E-state index is 0.294. The number of nitrogens with zero attached hydrogens (tertiary/aromatic N) is 2. The van der Waals surface area contributed by atoms with Crippen molar-refractivity contribution in [1.82, 2.24) is 14.9 Å². The summed E-state index contributed by atoms with van der Waals surface area (Å²) >= 11 is 5.85. The highest BCUT2D eigenvalue weighted by Gasteiger charge is 1.97. The third kappa shape index (κ3) is 5.19. The first kappa shape index (κ1) is 12.5. The fourth-order valence-electron chi connectivity index (χ4n) is 1.47. The van der Waals surface area contributed by atoms with Crippen LogP contribution in [0.5, 0.6) is 0 Å². The van der Waals surface area contributed by atoms with Gasteiger partial charge in [-0.15, -0.1) is 11.6 Å². The van der Waals surface area contributed by atoms with Crippen LogP contribution in [0.1, 0.15) is 25.6 Å². The second-order valence-corrected chi connectivity index (χ2v) is 4.59. The number of halogens is 1. The highest BCUT2D eigenvalue weighted by molar-refractivity contribution is 6.20. The summed E-state index contributed by atoms with van der Waals surface area (Å²) in [5, 5.41) is 3.69. The molecular weight excluding hydrogens is 210 g/mol. The molecule has 3 nitrogen and oxygen atoms in total. The Kier molecular flexibility index (Phi) is 5.73.